The van der Waals surface area contributed by atoms with Gasteiger partial charge in [0.2, 0.25) is 5.91 Å². The lowest BCUT2D eigenvalue weighted by atomic mass is 9.84. The number of hydrogen-bond acceptors (Lipinski definition) is 4. The number of nitrogens with zero attached hydrogens (tertiary/aromatic N) is 2. The first-order chi connectivity index (χ1) is 17.0. The second-order valence-corrected chi connectivity index (χ2v) is 9.64. The van der Waals surface area contributed by atoms with Gasteiger partial charge >= 0.3 is 6.36 Å². The van der Waals surface area contributed by atoms with Gasteiger partial charge in [0, 0.05) is 42.4 Å². The van der Waals surface area contributed by atoms with E-state index < -0.39 is 18.2 Å². The highest BCUT2D eigenvalue weighted by molar-refractivity contribution is 6.11. The number of carbonyl (C=O) groups is 2. The summed E-state index contributed by atoms with van der Waals surface area (Å²) >= 11 is 0. The van der Waals surface area contributed by atoms with Crippen LogP contribution in [0.15, 0.2) is 59.9 Å². The van der Waals surface area contributed by atoms with Crippen molar-refractivity contribution in [1.82, 2.24) is 9.47 Å². The number of aromatic nitrogens is 1. The van der Waals surface area contributed by atoms with Crippen LogP contribution < -0.4 is 10.1 Å². The second kappa shape index (κ2) is 8.72. The van der Waals surface area contributed by atoms with E-state index in [2.05, 4.69) is 28.5 Å². The number of nitrogens with one attached hydrogen (secondary N) is 1. The van der Waals surface area contributed by atoms with Gasteiger partial charge in [-0.25, -0.2) is 0 Å². The Morgan fingerprint density at radius 2 is 1.89 bits per heavy atom. The largest absolute Gasteiger partial charge is 0.573 e. The number of benzene rings is 2. The van der Waals surface area contributed by atoms with Crippen LogP contribution in [0.3, 0.4) is 0 Å². The van der Waals surface area contributed by atoms with Gasteiger partial charge in [-0.3, -0.25) is 14.5 Å². The molecule has 0 saturated heterocycles. The van der Waals surface area contributed by atoms with Crippen molar-refractivity contribution in [3.63, 3.8) is 0 Å². The molecule has 1 aromatic heterocycles. The van der Waals surface area contributed by atoms with Crippen LogP contribution in [-0.2, 0) is 16.1 Å². The Balaban J connectivity index is 1.68. The monoisotopic (exact) mass is 497 g/mol. The first-order valence-electron chi connectivity index (χ1n) is 11.8. The van der Waals surface area contributed by atoms with Gasteiger partial charge in [-0.1, -0.05) is 32.0 Å². The Morgan fingerprint density at radius 3 is 2.53 bits per heavy atom. The summed E-state index contributed by atoms with van der Waals surface area (Å²) in [6.45, 7) is 6.55. The Kier molecular flexibility index (Phi) is 5.81. The van der Waals surface area contributed by atoms with Crippen LogP contribution >= 0.6 is 0 Å². The highest BCUT2D eigenvalue weighted by Crippen LogP contribution is 2.46. The number of amides is 2. The molecule has 1 atom stereocenters. The Morgan fingerprint density at radius 1 is 1.17 bits per heavy atom. The molecule has 6 nitrogen and oxygen atoms in total. The SMILES string of the molecule is CC(=O)N1CC2=C(C1=O)[C@@H](c1ccc(OC(F)(F)F)cc1)c1cn(CCC(C)C)c3cccc(c13)N2. The molecule has 0 unspecified atom stereocenters. The number of rotatable bonds is 5. The summed E-state index contributed by atoms with van der Waals surface area (Å²) in [7, 11) is 0. The summed E-state index contributed by atoms with van der Waals surface area (Å²) in [5.41, 5.74) is 4.38. The van der Waals surface area contributed by atoms with Gasteiger partial charge in [-0.05, 0) is 47.7 Å². The number of hydrogen-bond donors (Lipinski definition) is 1. The van der Waals surface area contributed by atoms with Crippen LogP contribution in [0, 0.1) is 5.92 Å². The molecule has 0 fully saturated rings. The maximum atomic E-state index is 13.5. The van der Waals surface area contributed by atoms with E-state index in [0.29, 0.717) is 22.8 Å². The summed E-state index contributed by atoms with van der Waals surface area (Å²) in [5, 5.41) is 4.36. The number of carbonyl (C=O) groups excluding carboxylic acids is 2. The van der Waals surface area contributed by atoms with Crippen molar-refractivity contribution in [1.29, 1.82) is 0 Å². The Labute approximate surface area is 206 Å². The molecule has 0 bridgehead atoms. The van der Waals surface area contributed by atoms with Crippen LogP contribution in [0.1, 0.15) is 44.2 Å². The van der Waals surface area contributed by atoms with E-state index in [1.807, 2.05) is 24.4 Å². The molecule has 2 aliphatic heterocycles. The van der Waals surface area contributed by atoms with Gasteiger partial charge in [0.1, 0.15) is 5.75 Å². The van der Waals surface area contributed by atoms with Gasteiger partial charge in [-0.2, -0.15) is 0 Å². The maximum Gasteiger partial charge on any atom is 0.573 e. The molecule has 188 valence electrons. The number of halogens is 3. The summed E-state index contributed by atoms with van der Waals surface area (Å²) in [5.74, 6) is -1.19. The lowest BCUT2D eigenvalue weighted by molar-refractivity contribution is -0.274. The van der Waals surface area contributed by atoms with Crippen LogP contribution in [-0.4, -0.2) is 34.2 Å². The van der Waals surface area contributed by atoms with Crippen LogP contribution in [0.2, 0.25) is 0 Å². The zero-order chi connectivity index (χ0) is 25.8. The number of alkyl halides is 3. The molecular weight excluding hydrogens is 471 g/mol. The molecule has 0 spiro atoms. The van der Waals surface area contributed by atoms with Crippen molar-refractivity contribution in [3.8, 4) is 5.75 Å². The van der Waals surface area contributed by atoms with E-state index in [0.717, 1.165) is 35.1 Å². The number of anilines is 1. The van der Waals surface area contributed by atoms with E-state index in [-0.39, 0.29) is 18.2 Å². The summed E-state index contributed by atoms with van der Waals surface area (Å²) in [6.07, 6.45) is -1.81. The molecule has 0 aliphatic carbocycles. The number of aryl methyl sites for hydroxylation is 1. The summed E-state index contributed by atoms with van der Waals surface area (Å²) in [6, 6.07) is 11.5. The zero-order valence-electron chi connectivity index (χ0n) is 20.1. The molecule has 9 heteroatoms. The minimum absolute atomic E-state index is 0.114. The topological polar surface area (TPSA) is 63.6 Å². The van der Waals surface area contributed by atoms with Gasteiger partial charge < -0.3 is 14.6 Å². The first-order valence-corrected chi connectivity index (χ1v) is 11.8. The maximum absolute atomic E-state index is 13.5. The van der Waals surface area contributed by atoms with Crippen LogP contribution in [0.25, 0.3) is 10.9 Å². The predicted octanol–water partition coefficient (Wildman–Crippen LogP) is 5.79. The van der Waals surface area contributed by atoms with Crippen molar-refractivity contribution in [2.24, 2.45) is 5.92 Å². The molecule has 5 rings (SSSR count). The van der Waals surface area contributed by atoms with Crippen molar-refractivity contribution >= 4 is 28.4 Å². The molecule has 3 heterocycles. The first kappa shape index (κ1) is 24.0. The molecule has 3 aromatic rings. The van der Waals surface area contributed by atoms with Crippen molar-refractivity contribution in [2.75, 3.05) is 11.9 Å². The standard InChI is InChI=1S/C27H26F3N3O3/c1-15(2)11-12-32-13-19-23(17-7-9-18(10-8-17)36-27(28,29)30)25-21(14-33(16(3)34)26(25)35)31-20-5-4-6-22(32)24(19)20/h4-10,13,15,23,31H,11-12,14H2,1-3H3/t23-/m0/s1. The van der Waals surface area contributed by atoms with Gasteiger partial charge in [-0.15, -0.1) is 13.2 Å². The molecule has 2 aromatic carbocycles. The Hall–Kier alpha value is -3.75. The normalized spacial score (nSPS) is 17.5. The van der Waals surface area contributed by atoms with Crippen molar-refractivity contribution < 1.29 is 27.5 Å². The Bertz CT molecular complexity index is 1390. The van der Waals surface area contributed by atoms with Crippen LogP contribution in [0.4, 0.5) is 18.9 Å². The van der Waals surface area contributed by atoms with Gasteiger partial charge in [0.05, 0.1) is 17.6 Å². The minimum Gasteiger partial charge on any atom is -0.406 e. The summed E-state index contributed by atoms with van der Waals surface area (Å²) < 4.78 is 44.4. The van der Waals surface area contributed by atoms with Gasteiger partial charge in [0.25, 0.3) is 5.91 Å². The fourth-order valence-electron chi connectivity index (χ4n) is 5.06. The zero-order valence-corrected chi connectivity index (χ0v) is 20.1. The molecule has 2 amide bonds. The predicted molar refractivity (Wildman–Crippen MR) is 129 cm³/mol. The molecule has 0 saturated carbocycles. The van der Waals surface area contributed by atoms with Crippen molar-refractivity contribution in [3.05, 3.63) is 71.1 Å². The average molecular weight is 498 g/mol. The third kappa shape index (κ3) is 4.23. The van der Waals surface area contributed by atoms with E-state index in [1.165, 1.54) is 24.0 Å². The minimum atomic E-state index is -4.80. The highest BCUT2D eigenvalue weighted by atomic mass is 19.4. The molecule has 1 N–H and O–H groups in total. The lowest BCUT2D eigenvalue weighted by Gasteiger charge is -2.20. The molecule has 2 aliphatic rings. The van der Waals surface area contributed by atoms with Crippen molar-refractivity contribution in [2.45, 2.75) is 46.0 Å². The smallest absolute Gasteiger partial charge is 0.406 e. The second-order valence-electron chi connectivity index (χ2n) is 9.64. The fraction of sp³-hybridized carbons (Fsp3) is 0.333. The molecule has 36 heavy (non-hydrogen) atoms. The van der Waals surface area contributed by atoms with Crippen LogP contribution in [0.5, 0.6) is 5.75 Å². The summed E-state index contributed by atoms with van der Waals surface area (Å²) in [4.78, 5) is 26.9. The molecule has 0 radical (unpaired) electrons. The molecular formula is C27H26F3N3O3. The van der Waals surface area contributed by atoms with E-state index >= 15 is 0 Å². The number of imide groups is 1. The quantitative estimate of drug-likeness (QED) is 0.485. The lowest BCUT2D eigenvalue weighted by Crippen LogP contribution is -2.33. The third-order valence-corrected chi connectivity index (χ3v) is 6.71. The fourth-order valence-corrected chi connectivity index (χ4v) is 5.06. The van der Waals surface area contributed by atoms with E-state index in [1.54, 1.807) is 12.1 Å². The van der Waals surface area contributed by atoms with E-state index in [4.69, 9.17) is 0 Å². The highest BCUT2D eigenvalue weighted by Gasteiger charge is 2.41. The van der Waals surface area contributed by atoms with Gasteiger partial charge in [0.15, 0.2) is 0 Å². The van der Waals surface area contributed by atoms with E-state index in [9.17, 15) is 22.8 Å². The average Bonchev–Trinajstić information content (AvgIpc) is 3.27. The third-order valence-electron chi connectivity index (χ3n) is 6.71. The number of ether oxygens (including phenoxy) is 1.